The summed E-state index contributed by atoms with van der Waals surface area (Å²) in [7, 11) is 0. The van der Waals surface area contributed by atoms with E-state index >= 15 is 0 Å². The molecule has 1 aromatic rings. The van der Waals surface area contributed by atoms with E-state index in [1.165, 1.54) is 32.0 Å². The molecule has 0 bridgehead atoms. The Labute approximate surface area is 107 Å². The molecule has 0 spiro atoms. The third-order valence-corrected chi connectivity index (χ3v) is 3.88. The molecule has 0 aromatic carbocycles. The standard InChI is InChI=1S/C12H19ClN4/c1-8-2-4-9(5-3-8)6-15-12-10(13)11(14)16-7-17-12/h7-9H,2-6H2,1H3,(H3,14,15,16,17). The van der Waals surface area contributed by atoms with Gasteiger partial charge in [0.05, 0.1) is 0 Å². The highest BCUT2D eigenvalue weighted by atomic mass is 35.5. The van der Waals surface area contributed by atoms with Gasteiger partial charge in [-0.2, -0.15) is 0 Å². The van der Waals surface area contributed by atoms with Crippen molar-refractivity contribution >= 4 is 23.2 Å². The topological polar surface area (TPSA) is 63.8 Å². The van der Waals surface area contributed by atoms with Crippen LogP contribution >= 0.6 is 11.6 Å². The molecule has 2 rings (SSSR count). The number of aromatic nitrogens is 2. The van der Waals surface area contributed by atoms with Gasteiger partial charge in [-0.1, -0.05) is 31.4 Å². The summed E-state index contributed by atoms with van der Waals surface area (Å²) < 4.78 is 0. The lowest BCUT2D eigenvalue weighted by Crippen LogP contribution is -2.20. The molecule has 5 heteroatoms. The molecule has 94 valence electrons. The fourth-order valence-corrected chi connectivity index (χ4v) is 2.45. The Morgan fingerprint density at radius 2 is 2.06 bits per heavy atom. The average Bonchev–Trinajstić information content (AvgIpc) is 2.33. The molecule has 17 heavy (non-hydrogen) atoms. The first-order valence-electron chi connectivity index (χ1n) is 6.16. The number of rotatable bonds is 3. The first-order valence-corrected chi connectivity index (χ1v) is 6.54. The number of halogens is 1. The van der Waals surface area contributed by atoms with Crippen LogP contribution in [0.2, 0.25) is 5.02 Å². The highest BCUT2D eigenvalue weighted by Crippen LogP contribution is 2.29. The molecule has 1 aliphatic rings. The summed E-state index contributed by atoms with van der Waals surface area (Å²) >= 11 is 6.02. The first-order chi connectivity index (χ1) is 8.16. The molecule has 0 atom stereocenters. The van der Waals surface area contributed by atoms with Gasteiger partial charge in [0.15, 0.2) is 0 Å². The second-order valence-electron chi connectivity index (χ2n) is 4.93. The van der Waals surface area contributed by atoms with Crippen LogP contribution in [-0.4, -0.2) is 16.5 Å². The van der Waals surface area contributed by atoms with Crippen molar-refractivity contribution in [3.63, 3.8) is 0 Å². The van der Waals surface area contributed by atoms with Gasteiger partial charge in [-0.25, -0.2) is 9.97 Å². The van der Waals surface area contributed by atoms with E-state index in [1.807, 2.05) is 0 Å². The molecule has 1 aromatic heterocycles. The maximum absolute atomic E-state index is 6.02. The van der Waals surface area contributed by atoms with Crippen molar-refractivity contribution in [1.29, 1.82) is 0 Å². The third-order valence-electron chi connectivity index (χ3n) is 3.51. The van der Waals surface area contributed by atoms with Crippen LogP contribution < -0.4 is 11.1 Å². The lowest BCUT2D eigenvalue weighted by atomic mass is 9.83. The number of nitrogens with two attached hydrogens (primary N) is 1. The van der Waals surface area contributed by atoms with E-state index in [0.717, 1.165) is 18.4 Å². The van der Waals surface area contributed by atoms with E-state index in [1.54, 1.807) is 0 Å². The van der Waals surface area contributed by atoms with Crippen LogP contribution in [0.3, 0.4) is 0 Å². The van der Waals surface area contributed by atoms with Gasteiger partial charge in [0, 0.05) is 6.54 Å². The fraction of sp³-hybridized carbons (Fsp3) is 0.667. The van der Waals surface area contributed by atoms with Gasteiger partial charge >= 0.3 is 0 Å². The Morgan fingerprint density at radius 3 is 2.76 bits per heavy atom. The lowest BCUT2D eigenvalue weighted by molar-refractivity contribution is 0.300. The van der Waals surface area contributed by atoms with E-state index in [9.17, 15) is 0 Å². The molecule has 4 nitrogen and oxygen atoms in total. The van der Waals surface area contributed by atoms with E-state index in [4.69, 9.17) is 17.3 Å². The Kier molecular flexibility index (Phi) is 4.05. The smallest absolute Gasteiger partial charge is 0.150 e. The average molecular weight is 255 g/mol. The van der Waals surface area contributed by atoms with Crippen LogP contribution in [0.5, 0.6) is 0 Å². The predicted octanol–water partition coefficient (Wildman–Crippen LogP) is 2.95. The van der Waals surface area contributed by atoms with E-state index in [-0.39, 0.29) is 0 Å². The summed E-state index contributed by atoms with van der Waals surface area (Å²) in [6.07, 6.45) is 6.66. The SMILES string of the molecule is CC1CCC(CNc2ncnc(N)c2Cl)CC1. The number of hydrogen-bond donors (Lipinski definition) is 2. The molecular formula is C12H19ClN4. The molecule has 0 saturated heterocycles. The summed E-state index contributed by atoms with van der Waals surface area (Å²) in [6.45, 7) is 3.24. The highest BCUT2D eigenvalue weighted by molar-refractivity contribution is 6.35. The minimum absolute atomic E-state index is 0.335. The first kappa shape index (κ1) is 12.4. The van der Waals surface area contributed by atoms with Crippen molar-refractivity contribution in [3.8, 4) is 0 Å². The summed E-state index contributed by atoms with van der Waals surface area (Å²) in [5.74, 6) is 2.59. The zero-order valence-electron chi connectivity index (χ0n) is 10.1. The molecule has 0 radical (unpaired) electrons. The number of anilines is 2. The van der Waals surface area contributed by atoms with Crippen molar-refractivity contribution in [2.45, 2.75) is 32.6 Å². The number of nitrogens with one attached hydrogen (secondary N) is 1. The van der Waals surface area contributed by atoms with E-state index in [0.29, 0.717) is 16.7 Å². The van der Waals surface area contributed by atoms with Gasteiger partial charge in [-0.05, 0) is 24.7 Å². The van der Waals surface area contributed by atoms with Gasteiger partial charge in [0.1, 0.15) is 23.0 Å². The van der Waals surface area contributed by atoms with Gasteiger partial charge in [-0.15, -0.1) is 0 Å². The summed E-state index contributed by atoms with van der Waals surface area (Å²) in [5, 5.41) is 3.70. The molecule has 0 unspecified atom stereocenters. The van der Waals surface area contributed by atoms with Crippen LogP contribution in [-0.2, 0) is 0 Å². The molecule has 0 amide bonds. The minimum Gasteiger partial charge on any atom is -0.382 e. The maximum Gasteiger partial charge on any atom is 0.150 e. The van der Waals surface area contributed by atoms with E-state index < -0.39 is 0 Å². The second kappa shape index (κ2) is 5.54. The Balaban J connectivity index is 1.87. The fourth-order valence-electron chi connectivity index (χ4n) is 2.28. The van der Waals surface area contributed by atoms with Crippen molar-refractivity contribution in [1.82, 2.24) is 9.97 Å². The lowest BCUT2D eigenvalue weighted by Gasteiger charge is -2.26. The van der Waals surface area contributed by atoms with Crippen LogP contribution in [0.1, 0.15) is 32.6 Å². The summed E-state index contributed by atoms with van der Waals surface area (Å²) in [5.41, 5.74) is 5.62. The van der Waals surface area contributed by atoms with Crippen LogP contribution in [0.25, 0.3) is 0 Å². The molecule has 0 aliphatic heterocycles. The van der Waals surface area contributed by atoms with Crippen molar-refractivity contribution in [3.05, 3.63) is 11.3 Å². The predicted molar refractivity (Wildman–Crippen MR) is 71.1 cm³/mol. The van der Waals surface area contributed by atoms with Crippen molar-refractivity contribution in [2.75, 3.05) is 17.6 Å². The normalized spacial score (nSPS) is 24.6. The highest BCUT2D eigenvalue weighted by Gasteiger charge is 2.18. The molecule has 1 aliphatic carbocycles. The van der Waals surface area contributed by atoms with Gasteiger partial charge in [0.2, 0.25) is 0 Å². The van der Waals surface area contributed by atoms with Gasteiger partial charge in [-0.3, -0.25) is 0 Å². The zero-order chi connectivity index (χ0) is 12.3. The third kappa shape index (κ3) is 3.22. The minimum atomic E-state index is 0.335. The molecule has 1 heterocycles. The zero-order valence-corrected chi connectivity index (χ0v) is 10.9. The quantitative estimate of drug-likeness (QED) is 0.871. The van der Waals surface area contributed by atoms with Crippen LogP contribution in [0, 0.1) is 11.8 Å². The Morgan fingerprint density at radius 1 is 1.35 bits per heavy atom. The van der Waals surface area contributed by atoms with Crippen molar-refractivity contribution < 1.29 is 0 Å². The second-order valence-corrected chi connectivity index (χ2v) is 5.31. The maximum atomic E-state index is 6.02. The number of nitrogen functional groups attached to an aromatic ring is 1. The molecule has 1 saturated carbocycles. The van der Waals surface area contributed by atoms with Gasteiger partial charge < -0.3 is 11.1 Å². The number of nitrogens with zero attached hydrogens (tertiary/aromatic N) is 2. The molecule has 1 fully saturated rings. The Hall–Kier alpha value is -1.03. The Bertz CT molecular complexity index is 375. The monoisotopic (exact) mass is 254 g/mol. The summed E-state index contributed by atoms with van der Waals surface area (Å²) in [6, 6.07) is 0. The molecular weight excluding hydrogens is 236 g/mol. The van der Waals surface area contributed by atoms with Crippen LogP contribution in [0.15, 0.2) is 6.33 Å². The molecule has 3 N–H and O–H groups in total. The van der Waals surface area contributed by atoms with Crippen molar-refractivity contribution in [2.24, 2.45) is 11.8 Å². The van der Waals surface area contributed by atoms with Gasteiger partial charge in [0.25, 0.3) is 0 Å². The summed E-state index contributed by atoms with van der Waals surface area (Å²) in [4.78, 5) is 7.94. The number of hydrogen-bond acceptors (Lipinski definition) is 4. The largest absolute Gasteiger partial charge is 0.382 e. The van der Waals surface area contributed by atoms with E-state index in [2.05, 4.69) is 22.2 Å². The van der Waals surface area contributed by atoms with Crippen LogP contribution in [0.4, 0.5) is 11.6 Å².